The molecule has 3 aromatic rings. The number of methoxy groups -OCH3 is 2. The first-order valence-electron chi connectivity index (χ1n) is 10.7. The van der Waals surface area contributed by atoms with Crippen LogP contribution in [0, 0.1) is 11.6 Å². The highest BCUT2D eigenvalue weighted by atomic mass is 19.1. The van der Waals surface area contributed by atoms with E-state index in [4.69, 9.17) is 14.3 Å². The summed E-state index contributed by atoms with van der Waals surface area (Å²) in [7, 11) is 3.12. The lowest BCUT2D eigenvalue weighted by Gasteiger charge is -2.25. The molecule has 6 nitrogen and oxygen atoms in total. The first-order chi connectivity index (χ1) is 16.5. The van der Waals surface area contributed by atoms with Crippen LogP contribution in [0.15, 0.2) is 71.9 Å². The Bertz CT molecular complexity index is 1200. The zero-order valence-corrected chi connectivity index (χ0v) is 18.8. The summed E-state index contributed by atoms with van der Waals surface area (Å²) in [6.07, 6.45) is 0.0623. The molecule has 0 bridgehead atoms. The maximum atomic E-state index is 13.7. The number of amides is 1. The van der Waals surface area contributed by atoms with E-state index < -0.39 is 11.9 Å². The van der Waals surface area contributed by atoms with Crippen molar-refractivity contribution >= 4 is 11.6 Å². The summed E-state index contributed by atoms with van der Waals surface area (Å²) in [4.78, 5) is 20.4. The fourth-order valence-corrected chi connectivity index (χ4v) is 3.79. The number of benzene rings is 3. The molecule has 0 spiro atoms. The highest BCUT2D eigenvalue weighted by Gasteiger charge is 2.28. The van der Waals surface area contributed by atoms with Crippen molar-refractivity contribution in [3.05, 3.63) is 95.1 Å². The minimum atomic E-state index is -0.497. The minimum Gasteiger partial charge on any atom is -0.493 e. The first-order valence-corrected chi connectivity index (χ1v) is 10.7. The predicted molar refractivity (Wildman–Crippen MR) is 123 cm³/mol. The van der Waals surface area contributed by atoms with Crippen LogP contribution in [0.5, 0.6) is 11.5 Å². The van der Waals surface area contributed by atoms with Crippen LogP contribution < -0.4 is 9.47 Å². The van der Waals surface area contributed by atoms with E-state index >= 15 is 0 Å². The molecule has 0 aromatic heterocycles. The van der Waals surface area contributed by atoms with Crippen LogP contribution in [0.25, 0.3) is 0 Å². The van der Waals surface area contributed by atoms with Gasteiger partial charge in [-0.15, -0.1) is 0 Å². The van der Waals surface area contributed by atoms with Gasteiger partial charge in [-0.1, -0.05) is 23.4 Å². The number of rotatable bonds is 8. The van der Waals surface area contributed by atoms with Gasteiger partial charge >= 0.3 is 0 Å². The lowest BCUT2D eigenvalue weighted by molar-refractivity contribution is 0.0405. The van der Waals surface area contributed by atoms with E-state index in [0.29, 0.717) is 23.6 Å². The Balaban J connectivity index is 1.51. The molecule has 1 amide bonds. The van der Waals surface area contributed by atoms with Crippen LogP contribution in [0.2, 0.25) is 0 Å². The van der Waals surface area contributed by atoms with Gasteiger partial charge in [0.2, 0.25) is 0 Å². The summed E-state index contributed by atoms with van der Waals surface area (Å²) in [5, 5.41) is 4.21. The van der Waals surface area contributed by atoms with Gasteiger partial charge in [-0.25, -0.2) is 8.78 Å². The van der Waals surface area contributed by atoms with Crippen molar-refractivity contribution < 1.29 is 27.9 Å². The Morgan fingerprint density at radius 3 is 2.47 bits per heavy atom. The van der Waals surface area contributed by atoms with E-state index in [-0.39, 0.29) is 30.4 Å². The highest BCUT2D eigenvalue weighted by molar-refractivity contribution is 6.02. The number of hydrogen-bond acceptors (Lipinski definition) is 5. The second-order valence-corrected chi connectivity index (χ2v) is 7.86. The van der Waals surface area contributed by atoms with E-state index in [1.807, 2.05) is 12.1 Å². The van der Waals surface area contributed by atoms with E-state index in [2.05, 4.69) is 5.16 Å². The van der Waals surface area contributed by atoms with Gasteiger partial charge in [-0.05, 0) is 54.1 Å². The van der Waals surface area contributed by atoms with Gasteiger partial charge in [0, 0.05) is 24.1 Å². The maximum Gasteiger partial charge on any atom is 0.254 e. The first kappa shape index (κ1) is 23.2. The molecule has 4 rings (SSSR count). The normalized spacial score (nSPS) is 14.8. The third-order valence-corrected chi connectivity index (χ3v) is 5.52. The van der Waals surface area contributed by atoms with Crippen molar-refractivity contribution in [3.8, 4) is 11.5 Å². The van der Waals surface area contributed by atoms with E-state index in [0.717, 1.165) is 11.1 Å². The second-order valence-electron chi connectivity index (χ2n) is 7.86. The summed E-state index contributed by atoms with van der Waals surface area (Å²) < 4.78 is 37.7. The van der Waals surface area contributed by atoms with Crippen LogP contribution in [0.4, 0.5) is 8.78 Å². The van der Waals surface area contributed by atoms with Gasteiger partial charge in [-0.3, -0.25) is 4.79 Å². The van der Waals surface area contributed by atoms with Gasteiger partial charge in [0.25, 0.3) is 5.91 Å². The number of hydrogen-bond donors (Lipinski definition) is 0. The molecule has 176 valence electrons. The van der Waals surface area contributed by atoms with Crippen molar-refractivity contribution in [1.82, 2.24) is 4.90 Å². The van der Waals surface area contributed by atoms with Crippen LogP contribution in [-0.2, 0) is 11.4 Å². The van der Waals surface area contributed by atoms with E-state index in [1.165, 1.54) is 30.3 Å². The molecule has 8 heteroatoms. The summed E-state index contributed by atoms with van der Waals surface area (Å²) in [5.41, 5.74) is 2.50. The summed E-state index contributed by atoms with van der Waals surface area (Å²) in [6.45, 7) is 0.425. The fraction of sp³-hybridized carbons (Fsp3) is 0.231. The molecular formula is C26H24F2N2O4. The number of carbonyl (C=O) groups excluding carboxylic acids is 1. The van der Waals surface area contributed by atoms with Crippen molar-refractivity contribution in [3.63, 3.8) is 0 Å². The van der Waals surface area contributed by atoms with Crippen LogP contribution in [0.3, 0.4) is 0 Å². The van der Waals surface area contributed by atoms with Crippen molar-refractivity contribution in [2.24, 2.45) is 5.16 Å². The molecule has 0 unspecified atom stereocenters. The predicted octanol–water partition coefficient (Wildman–Crippen LogP) is 4.82. The monoisotopic (exact) mass is 466 g/mol. The van der Waals surface area contributed by atoms with Crippen LogP contribution >= 0.6 is 0 Å². The maximum absolute atomic E-state index is 13.7. The Hall–Kier alpha value is -3.94. The standard InChI is InChI=1S/C26H24F2N2O4/c1-32-24-11-8-18(13-25(24)33-2)23-14-22(34-29-23)16-30(15-17-6-9-20(27)10-7-17)26(31)19-4-3-5-21(28)12-19/h3-13,22H,14-16H2,1-2H3/t22-/m0/s1. The third kappa shape index (κ3) is 5.33. The van der Waals surface area contributed by atoms with Crippen molar-refractivity contribution in [2.75, 3.05) is 20.8 Å². The largest absolute Gasteiger partial charge is 0.493 e. The molecule has 0 N–H and O–H groups in total. The fourth-order valence-electron chi connectivity index (χ4n) is 3.79. The summed E-state index contributed by atoms with van der Waals surface area (Å²) in [5.74, 6) is -0.0338. The number of halogens is 2. The number of ether oxygens (including phenoxy) is 2. The molecule has 1 heterocycles. The average molecular weight is 466 g/mol. The Morgan fingerprint density at radius 1 is 1.00 bits per heavy atom. The van der Waals surface area contributed by atoms with Gasteiger partial charge in [-0.2, -0.15) is 0 Å². The highest BCUT2D eigenvalue weighted by Crippen LogP contribution is 2.30. The topological polar surface area (TPSA) is 60.4 Å². The molecule has 34 heavy (non-hydrogen) atoms. The molecule has 3 aromatic carbocycles. The number of nitrogens with zero attached hydrogens (tertiary/aromatic N) is 2. The lowest BCUT2D eigenvalue weighted by atomic mass is 10.0. The van der Waals surface area contributed by atoms with E-state index in [9.17, 15) is 13.6 Å². The van der Waals surface area contributed by atoms with Crippen LogP contribution in [0.1, 0.15) is 27.9 Å². The molecule has 1 aliphatic heterocycles. The SMILES string of the molecule is COc1ccc(C2=NO[C@H](CN(Cc3ccc(F)cc3)C(=O)c3cccc(F)c3)C2)cc1OC. The number of oxime groups is 1. The molecule has 0 saturated carbocycles. The van der Waals surface area contributed by atoms with Gasteiger partial charge in [0.15, 0.2) is 17.6 Å². The zero-order valence-electron chi connectivity index (χ0n) is 18.8. The van der Waals surface area contributed by atoms with E-state index in [1.54, 1.807) is 43.4 Å². The molecular weight excluding hydrogens is 442 g/mol. The minimum absolute atomic E-state index is 0.210. The summed E-state index contributed by atoms with van der Waals surface area (Å²) >= 11 is 0. The van der Waals surface area contributed by atoms with Gasteiger partial charge in [0.05, 0.1) is 26.5 Å². The van der Waals surface area contributed by atoms with Crippen LogP contribution in [-0.4, -0.2) is 43.4 Å². The van der Waals surface area contributed by atoms with Gasteiger partial charge < -0.3 is 19.2 Å². The quantitative estimate of drug-likeness (QED) is 0.478. The zero-order chi connectivity index (χ0) is 24.1. The van der Waals surface area contributed by atoms with Crippen molar-refractivity contribution in [1.29, 1.82) is 0 Å². The molecule has 0 aliphatic carbocycles. The Kier molecular flexibility index (Phi) is 7.06. The third-order valence-electron chi connectivity index (χ3n) is 5.52. The summed E-state index contributed by atoms with van der Waals surface area (Å²) in [6, 6.07) is 16.9. The molecule has 0 saturated heterocycles. The van der Waals surface area contributed by atoms with Gasteiger partial charge in [0.1, 0.15) is 11.6 Å². The molecule has 0 radical (unpaired) electrons. The Labute approximate surface area is 196 Å². The molecule has 1 aliphatic rings. The molecule has 0 fully saturated rings. The van der Waals surface area contributed by atoms with Crippen molar-refractivity contribution in [2.45, 2.75) is 19.1 Å². The second kappa shape index (κ2) is 10.3. The smallest absolute Gasteiger partial charge is 0.254 e. The average Bonchev–Trinajstić information content (AvgIpc) is 3.32. The number of carbonyl (C=O) groups is 1. The lowest BCUT2D eigenvalue weighted by Crippen LogP contribution is -2.37. The molecule has 1 atom stereocenters. The Morgan fingerprint density at radius 2 is 1.76 bits per heavy atom.